The summed E-state index contributed by atoms with van der Waals surface area (Å²) in [5.74, 6) is 1.46. The first-order valence-electron chi connectivity index (χ1n) is 10.6. The fraction of sp³-hybridized carbons (Fsp3) is 0.333. The topological polar surface area (TPSA) is 88.8 Å². The van der Waals surface area contributed by atoms with E-state index >= 15 is 0 Å². The molecule has 3 aromatic rings. The van der Waals surface area contributed by atoms with Gasteiger partial charge < -0.3 is 19.1 Å². The molecule has 1 fully saturated rings. The van der Waals surface area contributed by atoms with Crippen molar-refractivity contribution >= 4 is 11.8 Å². The van der Waals surface area contributed by atoms with Crippen molar-refractivity contribution in [3.63, 3.8) is 0 Å². The van der Waals surface area contributed by atoms with E-state index in [0.29, 0.717) is 43.3 Å². The average Bonchev–Trinajstić information content (AvgIpc) is 3.13. The number of ether oxygens (including phenoxy) is 1. The molecule has 1 saturated heterocycles. The van der Waals surface area contributed by atoms with Crippen molar-refractivity contribution in [2.75, 3.05) is 26.7 Å². The molecule has 32 heavy (non-hydrogen) atoms. The zero-order chi connectivity index (χ0) is 22.5. The van der Waals surface area contributed by atoms with Gasteiger partial charge in [-0.25, -0.2) is 0 Å². The Morgan fingerprint density at radius 1 is 1.09 bits per heavy atom. The first kappa shape index (κ1) is 21.5. The van der Waals surface area contributed by atoms with Crippen LogP contribution in [0.1, 0.15) is 40.1 Å². The molecule has 1 aromatic heterocycles. The Morgan fingerprint density at radius 2 is 1.84 bits per heavy atom. The van der Waals surface area contributed by atoms with E-state index in [2.05, 4.69) is 10.1 Å². The van der Waals surface area contributed by atoms with E-state index in [-0.39, 0.29) is 18.2 Å². The highest BCUT2D eigenvalue weighted by atomic mass is 16.5. The summed E-state index contributed by atoms with van der Waals surface area (Å²) < 4.78 is 10.6. The van der Waals surface area contributed by atoms with Crippen molar-refractivity contribution in [3.8, 4) is 5.75 Å². The van der Waals surface area contributed by atoms with Gasteiger partial charge >= 0.3 is 0 Å². The summed E-state index contributed by atoms with van der Waals surface area (Å²) in [5.41, 5.74) is 1.49. The van der Waals surface area contributed by atoms with Gasteiger partial charge in [0, 0.05) is 18.7 Å². The molecule has 0 N–H and O–H groups in total. The van der Waals surface area contributed by atoms with Gasteiger partial charge in [-0.1, -0.05) is 35.5 Å². The highest BCUT2D eigenvalue weighted by molar-refractivity contribution is 5.94. The Balaban J connectivity index is 1.56. The monoisotopic (exact) mass is 434 g/mol. The van der Waals surface area contributed by atoms with Crippen LogP contribution in [-0.2, 0) is 11.2 Å². The number of methoxy groups -OCH3 is 1. The van der Waals surface area contributed by atoms with Crippen molar-refractivity contribution in [1.82, 2.24) is 19.9 Å². The molecule has 8 heteroatoms. The first-order chi connectivity index (χ1) is 15.5. The van der Waals surface area contributed by atoms with Gasteiger partial charge in [-0.2, -0.15) is 4.98 Å². The number of aryl methyl sites for hydroxylation is 1. The second-order valence-corrected chi connectivity index (χ2v) is 7.78. The van der Waals surface area contributed by atoms with Gasteiger partial charge in [-0.15, -0.1) is 0 Å². The lowest BCUT2D eigenvalue weighted by atomic mass is 10.1. The van der Waals surface area contributed by atoms with E-state index in [1.165, 1.54) is 0 Å². The Morgan fingerprint density at radius 3 is 2.50 bits per heavy atom. The first-order valence-corrected chi connectivity index (χ1v) is 10.6. The lowest BCUT2D eigenvalue weighted by Gasteiger charge is -2.29. The van der Waals surface area contributed by atoms with Crippen molar-refractivity contribution in [2.45, 2.75) is 25.8 Å². The fourth-order valence-corrected chi connectivity index (χ4v) is 3.89. The molecular formula is C24H26N4O4. The smallest absolute Gasteiger partial charge is 0.254 e. The van der Waals surface area contributed by atoms with Gasteiger partial charge in [0.05, 0.1) is 20.1 Å². The summed E-state index contributed by atoms with van der Waals surface area (Å²) >= 11 is 0. The quantitative estimate of drug-likeness (QED) is 0.613. The molecule has 0 bridgehead atoms. The molecule has 2 aromatic carbocycles. The second kappa shape index (κ2) is 9.64. The van der Waals surface area contributed by atoms with Crippen LogP contribution in [-0.4, -0.2) is 58.5 Å². The molecule has 0 saturated carbocycles. The molecule has 8 nitrogen and oxygen atoms in total. The molecule has 2 heterocycles. The van der Waals surface area contributed by atoms with Gasteiger partial charge in [0.2, 0.25) is 5.91 Å². The average molecular weight is 434 g/mol. The van der Waals surface area contributed by atoms with E-state index in [4.69, 9.17) is 9.26 Å². The molecule has 0 spiro atoms. The highest BCUT2D eigenvalue weighted by Gasteiger charge is 2.35. The largest absolute Gasteiger partial charge is 0.497 e. The van der Waals surface area contributed by atoms with Crippen LogP contribution in [0.2, 0.25) is 0 Å². The highest BCUT2D eigenvalue weighted by Crippen LogP contribution is 2.26. The number of benzene rings is 2. The van der Waals surface area contributed by atoms with Gasteiger partial charge in [-0.05, 0) is 43.2 Å². The predicted octanol–water partition coefficient (Wildman–Crippen LogP) is 3.05. The Bertz CT molecular complexity index is 1070. The number of hydrogen-bond acceptors (Lipinski definition) is 6. The van der Waals surface area contributed by atoms with Crippen molar-refractivity contribution in [3.05, 3.63) is 77.4 Å². The SMILES string of the molecule is COc1ccc(CC(=O)N2CCCN(C(=O)c3ccccc3)C(c3nc(C)no3)C2)cc1. The molecular weight excluding hydrogens is 408 g/mol. The molecule has 0 aliphatic carbocycles. The minimum atomic E-state index is -0.508. The number of hydrogen-bond donors (Lipinski definition) is 0. The standard InChI is InChI=1S/C24H26N4O4/c1-17-25-23(32-26-17)21-16-27(22(29)15-18-9-11-20(31-2)12-10-18)13-6-14-28(21)24(30)19-7-4-3-5-8-19/h3-5,7-12,21H,6,13-16H2,1-2H3. The molecule has 1 aliphatic heterocycles. The molecule has 1 atom stereocenters. The summed E-state index contributed by atoms with van der Waals surface area (Å²) in [6.45, 7) is 3.08. The summed E-state index contributed by atoms with van der Waals surface area (Å²) in [6.07, 6.45) is 0.933. The second-order valence-electron chi connectivity index (χ2n) is 7.78. The minimum Gasteiger partial charge on any atom is -0.497 e. The molecule has 1 aliphatic rings. The summed E-state index contributed by atoms with van der Waals surface area (Å²) in [7, 11) is 1.61. The molecule has 0 radical (unpaired) electrons. The lowest BCUT2D eigenvalue weighted by molar-refractivity contribution is -0.130. The number of carbonyl (C=O) groups is 2. The van der Waals surface area contributed by atoms with E-state index < -0.39 is 6.04 Å². The number of rotatable bonds is 5. The third-order valence-electron chi connectivity index (χ3n) is 5.57. The van der Waals surface area contributed by atoms with Crippen LogP contribution in [0.4, 0.5) is 0 Å². The zero-order valence-electron chi connectivity index (χ0n) is 18.2. The zero-order valence-corrected chi connectivity index (χ0v) is 18.2. The van der Waals surface area contributed by atoms with E-state index in [9.17, 15) is 9.59 Å². The van der Waals surface area contributed by atoms with Gasteiger partial charge in [0.1, 0.15) is 11.8 Å². The van der Waals surface area contributed by atoms with E-state index in [1.54, 1.807) is 36.0 Å². The normalized spacial score (nSPS) is 16.5. The number of nitrogens with zero attached hydrogens (tertiary/aromatic N) is 4. The summed E-state index contributed by atoms with van der Waals surface area (Å²) in [4.78, 5) is 34.3. The van der Waals surface area contributed by atoms with Crippen molar-refractivity contribution in [1.29, 1.82) is 0 Å². The van der Waals surface area contributed by atoms with Crippen molar-refractivity contribution < 1.29 is 18.8 Å². The van der Waals surface area contributed by atoms with Crippen LogP contribution < -0.4 is 4.74 Å². The maximum Gasteiger partial charge on any atom is 0.254 e. The third kappa shape index (κ3) is 4.80. The van der Waals surface area contributed by atoms with E-state index in [1.807, 2.05) is 42.5 Å². The van der Waals surface area contributed by atoms with Gasteiger partial charge in [0.25, 0.3) is 11.8 Å². The van der Waals surface area contributed by atoms with Crippen LogP contribution in [0.15, 0.2) is 59.1 Å². The number of aromatic nitrogens is 2. The van der Waals surface area contributed by atoms with Crippen LogP contribution >= 0.6 is 0 Å². The van der Waals surface area contributed by atoms with E-state index in [0.717, 1.165) is 11.3 Å². The number of carbonyl (C=O) groups excluding carboxylic acids is 2. The Kier molecular flexibility index (Phi) is 6.49. The van der Waals surface area contributed by atoms with Crippen molar-refractivity contribution in [2.24, 2.45) is 0 Å². The van der Waals surface area contributed by atoms with Crippen LogP contribution in [0.5, 0.6) is 5.75 Å². The minimum absolute atomic E-state index is 0.00888. The molecule has 1 unspecified atom stereocenters. The lowest BCUT2D eigenvalue weighted by Crippen LogP contribution is -2.40. The van der Waals surface area contributed by atoms with Crippen LogP contribution in [0, 0.1) is 6.92 Å². The molecule has 2 amide bonds. The van der Waals surface area contributed by atoms with Gasteiger partial charge in [-0.3, -0.25) is 9.59 Å². The molecule has 4 rings (SSSR count). The number of amides is 2. The van der Waals surface area contributed by atoms with Crippen LogP contribution in [0.3, 0.4) is 0 Å². The molecule has 166 valence electrons. The summed E-state index contributed by atoms with van der Waals surface area (Å²) in [5, 5.41) is 3.90. The predicted molar refractivity (Wildman–Crippen MR) is 117 cm³/mol. The van der Waals surface area contributed by atoms with Gasteiger partial charge in [0.15, 0.2) is 5.82 Å². The fourth-order valence-electron chi connectivity index (χ4n) is 3.89. The maximum atomic E-state index is 13.3. The summed E-state index contributed by atoms with van der Waals surface area (Å²) in [6, 6.07) is 16.1. The Hall–Kier alpha value is -3.68. The maximum absolute atomic E-state index is 13.3. The third-order valence-corrected chi connectivity index (χ3v) is 5.57. The van der Waals surface area contributed by atoms with Crippen LogP contribution in [0.25, 0.3) is 0 Å². The Labute approximate surface area is 186 Å².